The smallest absolute Gasteiger partial charge is 0.315 e. The molecular weight excluding hydrogens is 490 g/mol. The summed E-state index contributed by atoms with van der Waals surface area (Å²) < 4.78 is 34.6. The number of urea groups is 1. The third-order valence-electron chi connectivity index (χ3n) is 7.39. The molecule has 0 radical (unpaired) electrons. The van der Waals surface area contributed by atoms with Gasteiger partial charge in [-0.3, -0.25) is 9.88 Å². The van der Waals surface area contributed by atoms with Crippen molar-refractivity contribution in [3.05, 3.63) is 30.1 Å². The maximum Gasteiger partial charge on any atom is 0.315 e. The largest absolute Gasteiger partial charge is 0.379 e. The van der Waals surface area contributed by atoms with E-state index in [0.29, 0.717) is 13.1 Å². The number of amides is 2. The molecule has 0 bridgehead atoms. The number of pyridine rings is 1. The summed E-state index contributed by atoms with van der Waals surface area (Å²) in [4.78, 5) is 18.4. The number of morpholine rings is 1. The van der Waals surface area contributed by atoms with Gasteiger partial charge in [0.05, 0.1) is 18.5 Å². The highest BCUT2D eigenvalue weighted by Gasteiger charge is 2.29. The average molecular weight is 538 g/mol. The van der Waals surface area contributed by atoms with Gasteiger partial charge in [-0.25, -0.2) is 17.9 Å². The van der Waals surface area contributed by atoms with Gasteiger partial charge >= 0.3 is 6.03 Å². The van der Waals surface area contributed by atoms with Gasteiger partial charge in [-0.15, -0.1) is 0 Å². The zero-order valence-corrected chi connectivity index (χ0v) is 23.2. The van der Waals surface area contributed by atoms with Crippen molar-refractivity contribution in [1.82, 2.24) is 25.2 Å². The van der Waals surface area contributed by atoms with Crippen LogP contribution in [0.3, 0.4) is 0 Å². The zero-order valence-electron chi connectivity index (χ0n) is 22.3. The van der Waals surface area contributed by atoms with Crippen molar-refractivity contribution in [2.24, 2.45) is 0 Å². The topological polar surface area (TPSA) is 113 Å². The van der Waals surface area contributed by atoms with Crippen LogP contribution < -0.4 is 15.4 Å². The molecule has 1 unspecified atom stereocenters. The molecular formula is C27H47N5O4S. The number of carbonyl (C=O) groups excluding carboxylic acids is 1. The molecule has 3 N–H and O–H groups in total. The van der Waals surface area contributed by atoms with Crippen LogP contribution in [-0.2, 0) is 21.3 Å². The first-order chi connectivity index (χ1) is 18.0. The number of unbranched alkanes of at least 4 members (excludes halogenated alkanes) is 3. The molecule has 2 aliphatic rings. The summed E-state index contributed by atoms with van der Waals surface area (Å²) in [6.45, 7) is 5.61. The molecule has 1 aliphatic carbocycles. The van der Waals surface area contributed by atoms with Crippen molar-refractivity contribution in [3.63, 3.8) is 0 Å². The van der Waals surface area contributed by atoms with E-state index in [2.05, 4.69) is 25.2 Å². The summed E-state index contributed by atoms with van der Waals surface area (Å²) in [5.41, 5.74) is 0.969. The summed E-state index contributed by atoms with van der Waals surface area (Å²) in [6, 6.07) is 3.62. The van der Waals surface area contributed by atoms with Crippen LogP contribution in [0.2, 0.25) is 0 Å². The van der Waals surface area contributed by atoms with Gasteiger partial charge in [-0.2, -0.15) is 0 Å². The maximum absolute atomic E-state index is 13.1. The normalized spacial score (nSPS) is 18.4. The van der Waals surface area contributed by atoms with Gasteiger partial charge < -0.3 is 15.4 Å². The predicted octanol–water partition coefficient (Wildman–Crippen LogP) is 3.56. The Morgan fingerprint density at radius 3 is 2.54 bits per heavy atom. The fourth-order valence-electron chi connectivity index (χ4n) is 5.17. The molecule has 1 aromatic rings. The standard InChI is InChI=1S/C27H47N5O4S/c33-27(30-23-24-10-8-15-28-22-24)29-16-7-2-1-4-11-25(12-9-17-32-18-20-36-21-19-32)31-37(34,35)26-13-5-3-6-14-26/h8,10,15,22,25-26,31H,1-7,9,11-14,16-21,23H2,(H2,29,30,33). The molecule has 1 saturated carbocycles. The van der Waals surface area contributed by atoms with Crippen LogP contribution >= 0.6 is 0 Å². The van der Waals surface area contributed by atoms with E-state index < -0.39 is 10.0 Å². The number of rotatable bonds is 16. The molecule has 3 rings (SSSR count). The Morgan fingerprint density at radius 2 is 1.78 bits per heavy atom. The molecule has 1 saturated heterocycles. The summed E-state index contributed by atoms with van der Waals surface area (Å²) >= 11 is 0. The molecule has 2 fully saturated rings. The van der Waals surface area contributed by atoms with E-state index >= 15 is 0 Å². The molecule has 9 nitrogen and oxygen atoms in total. The van der Waals surface area contributed by atoms with Crippen molar-refractivity contribution in [3.8, 4) is 0 Å². The molecule has 37 heavy (non-hydrogen) atoms. The number of nitrogens with one attached hydrogen (secondary N) is 3. The average Bonchev–Trinajstić information content (AvgIpc) is 2.92. The Labute approximate surface area is 223 Å². The van der Waals surface area contributed by atoms with Crippen molar-refractivity contribution < 1.29 is 17.9 Å². The Hall–Kier alpha value is -1.75. The highest BCUT2D eigenvalue weighted by molar-refractivity contribution is 7.90. The van der Waals surface area contributed by atoms with E-state index in [1.807, 2.05) is 12.1 Å². The first-order valence-corrected chi connectivity index (χ1v) is 15.8. The SMILES string of the molecule is O=C(NCCCCCCC(CCCN1CCOCC1)NS(=O)(=O)C1CCCCC1)NCc1cccnc1. The first kappa shape index (κ1) is 29.8. The van der Waals surface area contributed by atoms with Gasteiger partial charge in [-0.05, 0) is 56.7 Å². The van der Waals surface area contributed by atoms with Crippen LogP contribution in [0, 0.1) is 0 Å². The molecule has 1 atom stereocenters. The number of ether oxygens (including phenoxy) is 1. The van der Waals surface area contributed by atoms with E-state index in [1.165, 1.54) is 0 Å². The van der Waals surface area contributed by atoms with Crippen molar-refractivity contribution in [2.75, 3.05) is 39.4 Å². The number of sulfonamides is 1. The Bertz CT molecular complexity index is 859. The molecule has 1 aliphatic heterocycles. The first-order valence-electron chi connectivity index (χ1n) is 14.2. The minimum Gasteiger partial charge on any atom is -0.379 e. The fraction of sp³-hybridized carbons (Fsp3) is 0.778. The van der Waals surface area contributed by atoms with E-state index in [-0.39, 0.29) is 17.3 Å². The monoisotopic (exact) mass is 537 g/mol. The second kappa shape index (κ2) is 17.0. The molecule has 210 valence electrons. The van der Waals surface area contributed by atoms with Gasteiger partial charge in [0, 0.05) is 44.6 Å². The van der Waals surface area contributed by atoms with E-state index in [4.69, 9.17) is 4.74 Å². The lowest BCUT2D eigenvalue weighted by molar-refractivity contribution is 0.0369. The lowest BCUT2D eigenvalue weighted by atomic mass is 10.0. The van der Waals surface area contributed by atoms with E-state index in [1.54, 1.807) is 12.4 Å². The summed E-state index contributed by atoms with van der Waals surface area (Å²) in [5, 5.41) is 5.52. The second-order valence-corrected chi connectivity index (χ2v) is 12.4. The summed E-state index contributed by atoms with van der Waals surface area (Å²) in [6.07, 6.45) is 14.9. The lowest BCUT2D eigenvalue weighted by Crippen LogP contribution is -2.42. The molecule has 0 aromatic carbocycles. The molecule has 2 heterocycles. The molecule has 2 amide bonds. The predicted molar refractivity (Wildman–Crippen MR) is 147 cm³/mol. The Balaban J connectivity index is 1.32. The van der Waals surface area contributed by atoms with Crippen LogP contribution in [-0.4, -0.2) is 75.0 Å². The van der Waals surface area contributed by atoms with Crippen LogP contribution in [0.4, 0.5) is 4.79 Å². The quantitative estimate of drug-likeness (QED) is 0.278. The van der Waals surface area contributed by atoms with E-state index in [0.717, 1.165) is 115 Å². The highest BCUT2D eigenvalue weighted by atomic mass is 32.2. The van der Waals surface area contributed by atoms with Gasteiger partial charge in [0.25, 0.3) is 0 Å². The minimum absolute atomic E-state index is 0.00402. The summed E-state index contributed by atoms with van der Waals surface area (Å²) in [5.74, 6) is 0. The van der Waals surface area contributed by atoms with Crippen LogP contribution in [0.1, 0.15) is 82.6 Å². The van der Waals surface area contributed by atoms with Crippen LogP contribution in [0.5, 0.6) is 0 Å². The number of nitrogens with zero attached hydrogens (tertiary/aromatic N) is 2. The number of hydrogen-bond donors (Lipinski definition) is 3. The third-order valence-corrected chi connectivity index (χ3v) is 9.40. The van der Waals surface area contributed by atoms with Gasteiger partial charge in [0.1, 0.15) is 0 Å². The Kier molecular flexibility index (Phi) is 13.7. The highest BCUT2D eigenvalue weighted by Crippen LogP contribution is 2.24. The fourth-order valence-corrected chi connectivity index (χ4v) is 7.02. The molecule has 10 heteroatoms. The van der Waals surface area contributed by atoms with Crippen molar-refractivity contribution in [1.29, 1.82) is 0 Å². The van der Waals surface area contributed by atoms with Crippen LogP contribution in [0.25, 0.3) is 0 Å². The van der Waals surface area contributed by atoms with Crippen molar-refractivity contribution >= 4 is 16.1 Å². The number of aromatic nitrogens is 1. The van der Waals surface area contributed by atoms with Crippen LogP contribution in [0.15, 0.2) is 24.5 Å². The minimum atomic E-state index is -3.27. The zero-order chi connectivity index (χ0) is 26.2. The van der Waals surface area contributed by atoms with Crippen molar-refractivity contribution in [2.45, 2.75) is 94.9 Å². The molecule has 0 spiro atoms. The van der Waals surface area contributed by atoms with E-state index in [9.17, 15) is 13.2 Å². The van der Waals surface area contributed by atoms with Gasteiger partial charge in [0.2, 0.25) is 10.0 Å². The molecule has 1 aromatic heterocycles. The summed E-state index contributed by atoms with van der Waals surface area (Å²) in [7, 11) is -3.27. The number of carbonyl (C=O) groups is 1. The maximum atomic E-state index is 13.1. The lowest BCUT2D eigenvalue weighted by Gasteiger charge is -2.28. The van der Waals surface area contributed by atoms with Gasteiger partial charge in [-0.1, -0.05) is 44.6 Å². The Morgan fingerprint density at radius 1 is 1.03 bits per heavy atom. The third kappa shape index (κ3) is 12.1. The number of hydrogen-bond acceptors (Lipinski definition) is 6. The second-order valence-electron chi connectivity index (χ2n) is 10.4. The van der Waals surface area contributed by atoms with Gasteiger partial charge in [0.15, 0.2) is 0 Å².